The highest BCUT2D eigenvalue weighted by Gasteiger charge is 2.33. The maximum Gasteiger partial charge on any atom is 0.417 e. The number of allylic oxidation sites excluding steroid dienone is 2. The van der Waals surface area contributed by atoms with Crippen LogP contribution in [0.2, 0.25) is 5.02 Å². The summed E-state index contributed by atoms with van der Waals surface area (Å²) in [5.74, 6) is -1.96. The minimum atomic E-state index is -4.61. The Balaban J connectivity index is 1.64. The lowest BCUT2D eigenvalue weighted by atomic mass is 9.98. The van der Waals surface area contributed by atoms with Crippen LogP contribution in [0.5, 0.6) is 0 Å². The molecule has 36 heavy (non-hydrogen) atoms. The van der Waals surface area contributed by atoms with Crippen molar-refractivity contribution < 1.29 is 32.3 Å². The maximum atomic E-state index is 13.1. The van der Waals surface area contributed by atoms with Crippen LogP contribution in [0.25, 0.3) is 0 Å². The Morgan fingerprint density at radius 2 is 1.86 bits per heavy atom. The van der Waals surface area contributed by atoms with Crippen molar-refractivity contribution in [2.24, 2.45) is 5.92 Å². The van der Waals surface area contributed by atoms with E-state index in [1.54, 1.807) is 36.4 Å². The van der Waals surface area contributed by atoms with Gasteiger partial charge in [0.05, 0.1) is 23.0 Å². The molecule has 0 spiro atoms. The van der Waals surface area contributed by atoms with Crippen molar-refractivity contribution in [1.29, 1.82) is 0 Å². The zero-order chi connectivity index (χ0) is 26.1. The Labute approximate surface area is 211 Å². The number of rotatable bonds is 5. The molecular weight excluding hydrogens is 497 g/mol. The molecule has 192 valence electrons. The third-order valence-electron chi connectivity index (χ3n) is 5.64. The summed E-state index contributed by atoms with van der Waals surface area (Å²) >= 11 is 5.64. The van der Waals surface area contributed by atoms with Gasteiger partial charge in [-0.15, -0.1) is 0 Å². The number of carbonyl (C=O) groups excluding carboxylic acids is 3. The molecule has 2 aromatic rings. The largest absolute Gasteiger partial charge is 0.456 e. The fourth-order valence-corrected chi connectivity index (χ4v) is 3.93. The van der Waals surface area contributed by atoms with Crippen LogP contribution in [0.4, 0.5) is 13.2 Å². The molecule has 6 nitrogen and oxygen atoms in total. The van der Waals surface area contributed by atoms with E-state index < -0.39 is 40.6 Å². The van der Waals surface area contributed by atoms with Crippen molar-refractivity contribution in [2.75, 3.05) is 6.54 Å². The highest BCUT2D eigenvalue weighted by Crippen LogP contribution is 2.35. The second kappa shape index (κ2) is 12.6. The van der Waals surface area contributed by atoms with Crippen LogP contribution in [-0.2, 0) is 31.8 Å². The Kier molecular flexibility index (Phi) is 9.52. The van der Waals surface area contributed by atoms with Crippen LogP contribution in [0, 0.1) is 5.92 Å². The first-order valence-corrected chi connectivity index (χ1v) is 11.8. The van der Waals surface area contributed by atoms with Crippen LogP contribution in [0.1, 0.15) is 48.5 Å². The van der Waals surface area contributed by atoms with Gasteiger partial charge in [-0.05, 0) is 36.1 Å². The van der Waals surface area contributed by atoms with Crippen molar-refractivity contribution in [3.05, 3.63) is 82.4 Å². The van der Waals surface area contributed by atoms with Crippen molar-refractivity contribution >= 4 is 29.4 Å². The van der Waals surface area contributed by atoms with E-state index in [9.17, 15) is 27.6 Å². The highest BCUT2D eigenvalue weighted by atomic mass is 35.5. The normalized spacial score (nSPS) is 20.3. The first kappa shape index (κ1) is 27.3. The predicted molar refractivity (Wildman–Crippen MR) is 128 cm³/mol. The Morgan fingerprint density at radius 1 is 1.11 bits per heavy atom. The molecule has 0 aliphatic carbocycles. The van der Waals surface area contributed by atoms with E-state index in [1.807, 2.05) is 6.07 Å². The molecule has 0 unspecified atom stereocenters. The van der Waals surface area contributed by atoms with Crippen molar-refractivity contribution in [1.82, 2.24) is 10.6 Å². The SMILES string of the molecule is O=C(C[C@@H]1C/C=C/CCC(=O)O[C@H](c2ccccc2)CNC1=O)NCc1ccc(Cl)c(C(F)(F)F)c1. The van der Waals surface area contributed by atoms with E-state index in [0.717, 1.165) is 17.7 Å². The molecule has 1 aliphatic rings. The van der Waals surface area contributed by atoms with E-state index in [1.165, 1.54) is 6.07 Å². The summed E-state index contributed by atoms with van der Waals surface area (Å²) in [5, 5.41) is 4.91. The third kappa shape index (κ3) is 8.12. The van der Waals surface area contributed by atoms with Crippen molar-refractivity contribution in [2.45, 2.75) is 44.5 Å². The predicted octanol–water partition coefficient (Wildman–Crippen LogP) is 5.12. The topological polar surface area (TPSA) is 84.5 Å². The highest BCUT2D eigenvalue weighted by molar-refractivity contribution is 6.31. The van der Waals surface area contributed by atoms with Gasteiger partial charge >= 0.3 is 12.1 Å². The van der Waals surface area contributed by atoms with Gasteiger partial charge in [0.1, 0.15) is 6.10 Å². The molecule has 1 heterocycles. The van der Waals surface area contributed by atoms with E-state index >= 15 is 0 Å². The smallest absolute Gasteiger partial charge is 0.417 e. The number of benzene rings is 2. The van der Waals surface area contributed by atoms with Crippen molar-refractivity contribution in [3.8, 4) is 0 Å². The number of hydrogen-bond donors (Lipinski definition) is 2. The average Bonchev–Trinajstić information content (AvgIpc) is 2.84. The Hall–Kier alpha value is -3.33. The van der Waals surface area contributed by atoms with E-state index in [2.05, 4.69) is 10.6 Å². The first-order chi connectivity index (χ1) is 17.1. The Bertz CT molecular complexity index is 1110. The van der Waals surface area contributed by atoms with Crippen LogP contribution >= 0.6 is 11.6 Å². The molecule has 1 aliphatic heterocycles. The van der Waals surface area contributed by atoms with Crippen LogP contribution in [-0.4, -0.2) is 24.3 Å². The molecule has 3 rings (SSSR count). The number of nitrogens with one attached hydrogen (secondary N) is 2. The van der Waals surface area contributed by atoms with Gasteiger partial charge in [-0.2, -0.15) is 13.2 Å². The number of amides is 2. The minimum Gasteiger partial charge on any atom is -0.456 e. The molecule has 0 fully saturated rings. The molecule has 0 saturated heterocycles. The second-order valence-electron chi connectivity index (χ2n) is 8.37. The van der Waals surface area contributed by atoms with Gasteiger partial charge < -0.3 is 15.4 Å². The number of cyclic esters (lactones) is 1. The van der Waals surface area contributed by atoms with Gasteiger partial charge in [0, 0.05) is 19.4 Å². The first-order valence-electron chi connectivity index (χ1n) is 11.4. The monoisotopic (exact) mass is 522 g/mol. The lowest BCUT2D eigenvalue weighted by Crippen LogP contribution is -2.37. The number of hydrogen-bond acceptors (Lipinski definition) is 4. The van der Waals surface area contributed by atoms with Crippen LogP contribution in [0.3, 0.4) is 0 Å². The number of halogens is 4. The molecule has 0 saturated carbocycles. The minimum absolute atomic E-state index is 0.0431. The van der Waals surface area contributed by atoms with Gasteiger partial charge in [0.2, 0.25) is 11.8 Å². The summed E-state index contributed by atoms with van der Waals surface area (Å²) in [7, 11) is 0. The van der Waals surface area contributed by atoms with E-state index in [4.69, 9.17) is 16.3 Å². The summed E-state index contributed by atoms with van der Waals surface area (Å²) in [6.45, 7) is -0.100. The maximum absolute atomic E-state index is 13.1. The molecule has 10 heteroatoms. The zero-order valence-corrected chi connectivity index (χ0v) is 20.1. The van der Waals surface area contributed by atoms with E-state index in [-0.39, 0.29) is 43.9 Å². The standard InChI is InChI=1S/C26H26ClF3N2O4/c27-21-12-11-17(13-20(21)26(28,29)30)15-31-23(33)14-19-9-5-2-6-10-24(34)36-22(16-32-25(19)35)18-7-3-1-4-8-18/h1-5,7-8,11-13,19,22H,6,9-10,14-16H2,(H,31,33)(H,32,35)/b5-2+/t19-,22-/m0/s1. The number of esters is 1. The molecule has 2 aromatic carbocycles. The summed E-state index contributed by atoms with van der Waals surface area (Å²) in [4.78, 5) is 37.6. The molecule has 0 bridgehead atoms. The van der Waals surface area contributed by atoms with Gasteiger partial charge in [-0.25, -0.2) is 0 Å². The number of ether oxygens (including phenoxy) is 1. The molecule has 0 radical (unpaired) electrons. The average molecular weight is 523 g/mol. The number of carbonyl (C=O) groups is 3. The fourth-order valence-electron chi connectivity index (χ4n) is 3.71. The molecule has 2 N–H and O–H groups in total. The van der Waals surface area contributed by atoms with Gasteiger partial charge in [0.25, 0.3) is 0 Å². The van der Waals surface area contributed by atoms with Crippen molar-refractivity contribution in [3.63, 3.8) is 0 Å². The molecular formula is C26H26ClF3N2O4. The van der Waals surface area contributed by atoms with Crippen LogP contribution in [0.15, 0.2) is 60.7 Å². The lowest BCUT2D eigenvalue weighted by molar-refractivity contribution is -0.150. The summed E-state index contributed by atoms with van der Waals surface area (Å²) in [6.07, 6.45) is -1.08. The van der Waals surface area contributed by atoms with Gasteiger partial charge in [0.15, 0.2) is 0 Å². The molecule has 2 amide bonds. The second-order valence-corrected chi connectivity index (χ2v) is 8.78. The van der Waals surface area contributed by atoms with Gasteiger partial charge in [-0.1, -0.05) is 60.2 Å². The quantitative estimate of drug-likeness (QED) is 0.421. The molecule has 2 atom stereocenters. The molecule has 0 aromatic heterocycles. The zero-order valence-electron chi connectivity index (χ0n) is 19.3. The fraction of sp³-hybridized carbons (Fsp3) is 0.346. The Morgan fingerprint density at radius 3 is 2.58 bits per heavy atom. The van der Waals surface area contributed by atoms with Crippen LogP contribution < -0.4 is 10.6 Å². The lowest BCUT2D eigenvalue weighted by Gasteiger charge is -2.22. The third-order valence-corrected chi connectivity index (χ3v) is 5.97. The van der Waals surface area contributed by atoms with Gasteiger partial charge in [-0.3, -0.25) is 14.4 Å². The summed E-state index contributed by atoms with van der Waals surface area (Å²) in [5.41, 5.74) is -0.0155. The van der Waals surface area contributed by atoms with E-state index in [0.29, 0.717) is 6.42 Å². The summed E-state index contributed by atoms with van der Waals surface area (Å²) < 4.78 is 44.8. The summed E-state index contributed by atoms with van der Waals surface area (Å²) in [6, 6.07) is 12.4. The number of alkyl halides is 3.